The van der Waals surface area contributed by atoms with Crippen LogP contribution >= 0.6 is 0 Å². The predicted molar refractivity (Wildman–Crippen MR) is 107 cm³/mol. The number of carbonyl (C=O) groups excluding carboxylic acids is 3. The first-order chi connectivity index (χ1) is 14.0. The van der Waals surface area contributed by atoms with Gasteiger partial charge in [-0.25, -0.2) is 0 Å². The molecule has 1 atom stereocenters. The maximum atomic E-state index is 12.7. The van der Waals surface area contributed by atoms with Gasteiger partial charge in [0.15, 0.2) is 6.61 Å². The number of ether oxygens (including phenoxy) is 2. The van der Waals surface area contributed by atoms with Gasteiger partial charge in [-0.3, -0.25) is 19.3 Å². The Morgan fingerprint density at radius 3 is 2.66 bits per heavy atom. The highest BCUT2D eigenvalue weighted by atomic mass is 16.5. The number of hydrogen-bond donors (Lipinski definition) is 0. The third-order valence-corrected chi connectivity index (χ3v) is 5.15. The molecule has 2 heterocycles. The van der Waals surface area contributed by atoms with E-state index in [0.29, 0.717) is 11.4 Å². The second-order valence-corrected chi connectivity index (χ2v) is 7.15. The van der Waals surface area contributed by atoms with Crippen LogP contribution in [0.5, 0.6) is 5.75 Å². The molecule has 150 valence electrons. The minimum Gasteiger partial charge on any atom is -0.491 e. The lowest BCUT2D eigenvalue weighted by Crippen LogP contribution is -2.40. The smallest absolute Gasteiger partial charge is 0.326 e. The summed E-state index contributed by atoms with van der Waals surface area (Å²) in [6.45, 7) is 1.59. The molecule has 0 unspecified atom stereocenters. The highest BCUT2D eigenvalue weighted by Crippen LogP contribution is 2.32. The first-order valence-electron chi connectivity index (χ1n) is 9.62. The molecule has 0 aliphatic carbocycles. The van der Waals surface area contributed by atoms with Crippen LogP contribution in [-0.2, 0) is 25.5 Å². The molecule has 0 spiro atoms. The maximum absolute atomic E-state index is 12.7. The Morgan fingerprint density at radius 2 is 1.83 bits per heavy atom. The van der Waals surface area contributed by atoms with E-state index in [2.05, 4.69) is 0 Å². The number of anilines is 2. The van der Waals surface area contributed by atoms with Crippen molar-refractivity contribution in [3.05, 3.63) is 54.1 Å². The van der Waals surface area contributed by atoms with Gasteiger partial charge in [-0.1, -0.05) is 30.3 Å². The summed E-state index contributed by atoms with van der Waals surface area (Å²) in [6.07, 6.45) is 0.942. The van der Waals surface area contributed by atoms with E-state index in [1.165, 1.54) is 4.90 Å². The summed E-state index contributed by atoms with van der Waals surface area (Å²) in [5.74, 6) is -0.588. The van der Waals surface area contributed by atoms with E-state index < -0.39 is 5.97 Å². The van der Waals surface area contributed by atoms with Crippen molar-refractivity contribution in [3.63, 3.8) is 0 Å². The van der Waals surface area contributed by atoms with Gasteiger partial charge in [-0.15, -0.1) is 0 Å². The number of amides is 2. The summed E-state index contributed by atoms with van der Waals surface area (Å²) in [5, 5.41) is 0. The van der Waals surface area contributed by atoms with E-state index in [9.17, 15) is 14.4 Å². The molecular formula is C22H22N2O5. The van der Waals surface area contributed by atoms with Crippen LogP contribution < -0.4 is 14.5 Å². The zero-order valence-electron chi connectivity index (χ0n) is 16.2. The first-order valence-corrected chi connectivity index (χ1v) is 9.62. The molecule has 0 fully saturated rings. The standard InChI is InChI=1S/C22H22N2O5/c1-15-12-16-6-2-3-7-17(16)24(15)21(26)14-29-22(27)13-23-18-8-4-5-9-19(18)28-11-10-20(23)25/h2-9,15H,10-14H2,1H3/t15-/m1/s1. The SMILES string of the molecule is C[C@@H]1Cc2ccccc2N1C(=O)COC(=O)CN1C(=O)CCOc2ccccc21. The minimum atomic E-state index is -0.636. The molecule has 4 rings (SSSR count). The normalized spacial score (nSPS) is 17.8. The van der Waals surface area contributed by atoms with Gasteiger partial charge in [0.2, 0.25) is 5.91 Å². The van der Waals surface area contributed by atoms with Crippen molar-refractivity contribution < 1.29 is 23.9 Å². The van der Waals surface area contributed by atoms with Crippen LogP contribution in [0.25, 0.3) is 0 Å². The summed E-state index contributed by atoms with van der Waals surface area (Å²) in [5.41, 5.74) is 2.49. The van der Waals surface area contributed by atoms with Crippen molar-refractivity contribution in [2.75, 3.05) is 29.6 Å². The summed E-state index contributed by atoms with van der Waals surface area (Å²) < 4.78 is 10.8. The second kappa shape index (κ2) is 7.95. The van der Waals surface area contributed by atoms with Gasteiger partial charge in [0, 0.05) is 11.7 Å². The van der Waals surface area contributed by atoms with E-state index in [1.807, 2.05) is 31.2 Å². The van der Waals surface area contributed by atoms with Gasteiger partial charge < -0.3 is 14.4 Å². The van der Waals surface area contributed by atoms with Gasteiger partial charge in [0.05, 0.1) is 18.7 Å². The Bertz CT molecular complexity index is 958. The minimum absolute atomic E-state index is 0.00909. The molecule has 0 N–H and O–H groups in total. The molecule has 0 saturated heterocycles. The number of fused-ring (bicyclic) bond motifs is 2. The van der Waals surface area contributed by atoms with Gasteiger partial charge in [0.1, 0.15) is 12.3 Å². The third-order valence-electron chi connectivity index (χ3n) is 5.15. The number of carbonyl (C=O) groups is 3. The fourth-order valence-corrected chi connectivity index (χ4v) is 3.83. The molecule has 2 aliphatic heterocycles. The van der Waals surface area contributed by atoms with Crippen molar-refractivity contribution in [2.45, 2.75) is 25.8 Å². The average molecular weight is 394 g/mol. The van der Waals surface area contributed by atoms with Crippen LogP contribution in [0, 0.1) is 0 Å². The fourth-order valence-electron chi connectivity index (χ4n) is 3.83. The Kier molecular flexibility index (Phi) is 5.20. The highest BCUT2D eigenvalue weighted by Gasteiger charge is 2.31. The predicted octanol–water partition coefficient (Wildman–Crippen LogP) is 2.32. The lowest BCUT2D eigenvalue weighted by atomic mass is 10.1. The Morgan fingerprint density at radius 1 is 1.10 bits per heavy atom. The molecule has 2 aromatic carbocycles. The Labute approximate surface area is 168 Å². The van der Waals surface area contributed by atoms with Crippen LogP contribution in [0.3, 0.4) is 0 Å². The lowest BCUT2D eigenvalue weighted by Gasteiger charge is -2.23. The van der Waals surface area contributed by atoms with Crippen LogP contribution in [0.2, 0.25) is 0 Å². The molecule has 7 nitrogen and oxygen atoms in total. The van der Waals surface area contributed by atoms with Crippen molar-refractivity contribution >= 4 is 29.2 Å². The number of benzene rings is 2. The Hall–Kier alpha value is -3.35. The van der Waals surface area contributed by atoms with E-state index in [0.717, 1.165) is 17.7 Å². The quantitative estimate of drug-likeness (QED) is 0.744. The third kappa shape index (κ3) is 3.81. The van der Waals surface area contributed by atoms with E-state index in [4.69, 9.17) is 9.47 Å². The molecule has 0 saturated carbocycles. The number of hydrogen-bond acceptors (Lipinski definition) is 5. The van der Waals surface area contributed by atoms with Crippen molar-refractivity contribution in [3.8, 4) is 5.75 Å². The lowest BCUT2D eigenvalue weighted by molar-refractivity contribution is -0.147. The van der Waals surface area contributed by atoms with Crippen LogP contribution in [0.1, 0.15) is 18.9 Å². The fraction of sp³-hybridized carbons (Fsp3) is 0.318. The molecule has 2 aromatic rings. The molecular weight excluding hydrogens is 372 g/mol. The topological polar surface area (TPSA) is 76.2 Å². The monoisotopic (exact) mass is 394 g/mol. The molecule has 0 bridgehead atoms. The first kappa shape index (κ1) is 19.0. The zero-order chi connectivity index (χ0) is 20.4. The summed E-state index contributed by atoms with van der Waals surface area (Å²) in [7, 11) is 0. The molecule has 29 heavy (non-hydrogen) atoms. The molecule has 7 heteroatoms. The Balaban J connectivity index is 1.40. The van der Waals surface area contributed by atoms with Crippen molar-refractivity contribution in [1.82, 2.24) is 0 Å². The molecule has 2 amide bonds. The summed E-state index contributed by atoms with van der Waals surface area (Å²) >= 11 is 0. The summed E-state index contributed by atoms with van der Waals surface area (Å²) in [6, 6.07) is 14.8. The number of rotatable bonds is 4. The number of nitrogens with zero attached hydrogens (tertiary/aromatic N) is 2. The molecule has 0 radical (unpaired) electrons. The molecule has 2 aliphatic rings. The van der Waals surface area contributed by atoms with E-state index in [-0.39, 0.29) is 44.0 Å². The summed E-state index contributed by atoms with van der Waals surface area (Å²) in [4.78, 5) is 40.5. The van der Waals surface area contributed by atoms with Gasteiger partial charge in [0.25, 0.3) is 5.91 Å². The van der Waals surface area contributed by atoms with Crippen molar-refractivity contribution in [2.24, 2.45) is 0 Å². The average Bonchev–Trinajstić information content (AvgIpc) is 2.97. The highest BCUT2D eigenvalue weighted by molar-refractivity contribution is 6.01. The molecule has 0 aromatic heterocycles. The number of esters is 1. The maximum Gasteiger partial charge on any atom is 0.326 e. The number of para-hydroxylation sites is 3. The van der Waals surface area contributed by atoms with E-state index in [1.54, 1.807) is 29.2 Å². The largest absolute Gasteiger partial charge is 0.491 e. The van der Waals surface area contributed by atoms with Crippen molar-refractivity contribution in [1.29, 1.82) is 0 Å². The second-order valence-electron chi connectivity index (χ2n) is 7.15. The van der Waals surface area contributed by atoms with Gasteiger partial charge in [-0.05, 0) is 37.1 Å². The van der Waals surface area contributed by atoms with Crippen LogP contribution in [0.4, 0.5) is 11.4 Å². The van der Waals surface area contributed by atoms with Crippen LogP contribution in [0.15, 0.2) is 48.5 Å². The van der Waals surface area contributed by atoms with Crippen LogP contribution in [-0.4, -0.2) is 43.6 Å². The van der Waals surface area contributed by atoms with E-state index >= 15 is 0 Å². The zero-order valence-corrected chi connectivity index (χ0v) is 16.2. The van der Waals surface area contributed by atoms with Gasteiger partial charge >= 0.3 is 5.97 Å². The van der Waals surface area contributed by atoms with Gasteiger partial charge in [-0.2, -0.15) is 0 Å².